The molecule has 0 fully saturated rings. The number of ether oxygens (including phenoxy) is 1. The largest absolute Gasteiger partial charge is 0.573 e. The topological polar surface area (TPSA) is 52.6 Å². The van der Waals surface area contributed by atoms with Gasteiger partial charge < -0.3 is 4.74 Å². The second kappa shape index (κ2) is 5.33. The molecule has 0 aliphatic carbocycles. The van der Waals surface area contributed by atoms with Crippen molar-refractivity contribution in [2.75, 3.05) is 6.26 Å². The van der Waals surface area contributed by atoms with Gasteiger partial charge >= 0.3 is 6.36 Å². The highest BCUT2D eigenvalue weighted by atomic mass is 32.2. The first kappa shape index (κ1) is 15.7. The Bertz CT molecular complexity index is 553. The van der Waals surface area contributed by atoms with Crippen LogP contribution in [0.2, 0.25) is 0 Å². The Labute approximate surface area is 107 Å². The van der Waals surface area contributed by atoms with Gasteiger partial charge in [0, 0.05) is 6.07 Å². The van der Waals surface area contributed by atoms with Crippen LogP contribution in [-0.2, 0) is 14.3 Å². The van der Waals surface area contributed by atoms with E-state index in [9.17, 15) is 26.0 Å². The lowest BCUT2D eigenvalue weighted by Gasteiger charge is -2.14. The van der Waals surface area contributed by atoms with E-state index in [-0.39, 0.29) is 5.56 Å². The van der Waals surface area contributed by atoms with Crippen molar-refractivity contribution in [3.63, 3.8) is 0 Å². The van der Waals surface area contributed by atoms with Gasteiger partial charge in [0.25, 0.3) is 10.1 Å². The van der Waals surface area contributed by atoms with Crippen LogP contribution in [0.5, 0.6) is 5.75 Å². The average molecular weight is 302 g/mol. The molecule has 4 nitrogen and oxygen atoms in total. The first-order valence-corrected chi connectivity index (χ1v) is 6.72. The highest BCUT2D eigenvalue weighted by Crippen LogP contribution is 2.28. The number of alkyl halides is 3. The molecule has 0 aliphatic rings. The maximum Gasteiger partial charge on any atom is 0.573 e. The molecule has 0 bridgehead atoms. The van der Waals surface area contributed by atoms with Crippen LogP contribution in [0.25, 0.3) is 0 Å². The van der Waals surface area contributed by atoms with Gasteiger partial charge in [-0.1, -0.05) is 0 Å². The predicted octanol–water partition coefficient (Wildman–Crippen LogP) is 2.76. The van der Waals surface area contributed by atoms with E-state index in [4.69, 9.17) is 0 Å². The van der Waals surface area contributed by atoms with Gasteiger partial charge in [0.05, 0.1) is 12.4 Å². The molecule has 1 rings (SSSR count). The molecule has 0 aliphatic heterocycles. The van der Waals surface area contributed by atoms with Crippen molar-refractivity contribution in [1.82, 2.24) is 0 Å². The van der Waals surface area contributed by atoms with Crippen LogP contribution in [0.1, 0.15) is 18.6 Å². The van der Waals surface area contributed by atoms with Gasteiger partial charge in [-0.05, 0) is 24.6 Å². The van der Waals surface area contributed by atoms with Crippen LogP contribution < -0.4 is 4.74 Å². The molecule has 1 unspecified atom stereocenters. The summed E-state index contributed by atoms with van der Waals surface area (Å²) in [6.45, 7) is 1.26. The van der Waals surface area contributed by atoms with Gasteiger partial charge in [-0.15, -0.1) is 13.2 Å². The fourth-order valence-corrected chi connectivity index (χ4v) is 1.96. The summed E-state index contributed by atoms with van der Waals surface area (Å²) in [7, 11) is -3.82. The van der Waals surface area contributed by atoms with Gasteiger partial charge in [-0.25, -0.2) is 4.39 Å². The van der Waals surface area contributed by atoms with E-state index < -0.39 is 34.2 Å². The molecule has 0 radical (unpaired) electrons. The Kier molecular flexibility index (Phi) is 4.41. The minimum atomic E-state index is -4.97. The fraction of sp³-hybridized carbons (Fsp3) is 0.400. The summed E-state index contributed by atoms with van der Waals surface area (Å²) in [5.41, 5.74) is -0.0929. The summed E-state index contributed by atoms with van der Waals surface area (Å²) in [6, 6.07) is 2.25. The third-order valence-electron chi connectivity index (χ3n) is 1.92. The minimum absolute atomic E-state index is 0.0929. The molecule has 19 heavy (non-hydrogen) atoms. The van der Waals surface area contributed by atoms with Crippen LogP contribution in [0.3, 0.4) is 0 Å². The molecule has 1 atom stereocenters. The van der Waals surface area contributed by atoms with Crippen molar-refractivity contribution in [2.45, 2.75) is 19.4 Å². The summed E-state index contributed by atoms with van der Waals surface area (Å²) < 4.78 is 79.0. The minimum Gasteiger partial charge on any atom is -0.406 e. The Morgan fingerprint density at radius 1 is 1.21 bits per heavy atom. The normalized spacial score (nSPS) is 14.2. The van der Waals surface area contributed by atoms with Crippen molar-refractivity contribution in [3.05, 3.63) is 29.6 Å². The van der Waals surface area contributed by atoms with Crippen LogP contribution in [-0.4, -0.2) is 21.0 Å². The van der Waals surface area contributed by atoms with Crippen LogP contribution in [0.15, 0.2) is 18.2 Å². The zero-order valence-corrected chi connectivity index (χ0v) is 10.7. The molecular weight excluding hydrogens is 292 g/mol. The number of halogens is 4. The molecule has 0 saturated heterocycles. The molecule has 0 spiro atoms. The van der Waals surface area contributed by atoms with Crippen LogP contribution in [0.4, 0.5) is 17.6 Å². The smallest absolute Gasteiger partial charge is 0.406 e. The summed E-state index contributed by atoms with van der Waals surface area (Å²) in [4.78, 5) is 0. The van der Waals surface area contributed by atoms with Gasteiger partial charge in [-0.3, -0.25) is 4.18 Å². The van der Waals surface area contributed by atoms with E-state index >= 15 is 0 Å². The zero-order chi connectivity index (χ0) is 14.8. The monoisotopic (exact) mass is 302 g/mol. The Morgan fingerprint density at radius 3 is 2.26 bits per heavy atom. The summed E-state index contributed by atoms with van der Waals surface area (Å²) in [5, 5.41) is 0. The maximum atomic E-state index is 13.1. The molecular formula is C10H10F4O4S. The molecule has 0 N–H and O–H groups in total. The van der Waals surface area contributed by atoms with E-state index in [1.807, 2.05) is 0 Å². The first-order chi connectivity index (χ1) is 8.46. The number of benzene rings is 1. The first-order valence-electron chi connectivity index (χ1n) is 4.91. The van der Waals surface area contributed by atoms with E-state index in [2.05, 4.69) is 8.92 Å². The number of rotatable bonds is 4. The van der Waals surface area contributed by atoms with Crippen LogP contribution in [0, 0.1) is 5.82 Å². The maximum absolute atomic E-state index is 13.1. The molecule has 0 heterocycles. The summed E-state index contributed by atoms with van der Waals surface area (Å²) in [5.74, 6) is -1.79. The lowest BCUT2D eigenvalue weighted by molar-refractivity contribution is -0.274. The molecule has 1 aromatic rings. The Balaban J connectivity index is 3.03. The van der Waals surface area contributed by atoms with Crippen molar-refractivity contribution in [1.29, 1.82) is 0 Å². The highest BCUT2D eigenvalue weighted by molar-refractivity contribution is 7.86. The molecule has 0 saturated carbocycles. The van der Waals surface area contributed by atoms with Crippen molar-refractivity contribution < 1.29 is 34.9 Å². The van der Waals surface area contributed by atoms with Gasteiger partial charge in [0.2, 0.25) is 0 Å². The average Bonchev–Trinajstić information content (AvgIpc) is 2.10. The van der Waals surface area contributed by atoms with Crippen molar-refractivity contribution in [3.8, 4) is 5.75 Å². The molecule has 0 amide bonds. The van der Waals surface area contributed by atoms with Gasteiger partial charge in [-0.2, -0.15) is 8.42 Å². The Morgan fingerprint density at radius 2 is 1.79 bits per heavy atom. The molecule has 1 aromatic carbocycles. The predicted molar refractivity (Wildman–Crippen MR) is 57.4 cm³/mol. The number of hydrogen-bond acceptors (Lipinski definition) is 4. The van der Waals surface area contributed by atoms with Gasteiger partial charge in [0.15, 0.2) is 0 Å². The zero-order valence-electron chi connectivity index (χ0n) is 9.86. The standard InChI is InChI=1S/C10H10F4O4S/c1-6(18-19(2,15)16)7-3-8(11)5-9(4-7)17-10(12,13)14/h3-6H,1-2H3. The fourth-order valence-electron chi connectivity index (χ4n) is 1.33. The van der Waals surface area contributed by atoms with Gasteiger partial charge in [0.1, 0.15) is 11.6 Å². The lowest BCUT2D eigenvalue weighted by atomic mass is 10.1. The van der Waals surface area contributed by atoms with Crippen LogP contribution >= 0.6 is 0 Å². The third-order valence-corrected chi connectivity index (χ3v) is 2.55. The molecule has 0 aromatic heterocycles. The van der Waals surface area contributed by atoms with Crippen molar-refractivity contribution >= 4 is 10.1 Å². The molecule has 108 valence electrons. The highest BCUT2D eigenvalue weighted by Gasteiger charge is 2.31. The Hall–Kier alpha value is -1.35. The SMILES string of the molecule is CC(OS(C)(=O)=O)c1cc(F)cc(OC(F)(F)F)c1. The van der Waals surface area contributed by atoms with E-state index in [0.29, 0.717) is 6.07 Å². The van der Waals surface area contributed by atoms with E-state index in [0.717, 1.165) is 18.4 Å². The van der Waals surface area contributed by atoms with E-state index in [1.54, 1.807) is 0 Å². The summed E-state index contributed by atoms with van der Waals surface area (Å²) in [6.07, 6.45) is -5.33. The summed E-state index contributed by atoms with van der Waals surface area (Å²) >= 11 is 0. The second-order valence-electron chi connectivity index (χ2n) is 3.71. The van der Waals surface area contributed by atoms with Crippen molar-refractivity contribution in [2.24, 2.45) is 0 Å². The third kappa shape index (κ3) is 5.88. The van der Waals surface area contributed by atoms with E-state index in [1.165, 1.54) is 6.92 Å². The lowest BCUT2D eigenvalue weighted by Crippen LogP contribution is -2.17. The quantitative estimate of drug-likeness (QED) is 0.634. The number of hydrogen-bond donors (Lipinski definition) is 0. The second-order valence-corrected chi connectivity index (χ2v) is 5.31. The molecule has 9 heteroatoms.